The number of rotatable bonds is 2. The van der Waals surface area contributed by atoms with Gasteiger partial charge in [0.25, 0.3) is 0 Å². The van der Waals surface area contributed by atoms with E-state index >= 15 is 0 Å². The van der Waals surface area contributed by atoms with Crippen molar-refractivity contribution < 1.29 is 4.74 Å². The van der Waals surface area contributed by atoms with E-state index in [1.807, 2.05) is 12.2 Å². The SMILES string of the molecule is N=C1C=CC(=NCC2CO2)C=C1. The minimum Gasteiger partial charge on any atom is -0.371 e. The number of nitrogens with zero attached hydrogens (tertiary/aromatic N) is 1. The Bertz CT molecular complexity index is 267. The van der Waals surface area contributed by atoms with Gasteiger partial charge in [0.1, 0.15) is 6.10 Å². The summed E-state index contributed by atoms with van der Waals surface area (Å²) in [5.41, 5.74) is 1.46. The quantitative estimate of drug-likeness (QED) is 0.477. The lowest BCUT2D eigenvalue weighted by Crippen LogP contribution is -2.01. The lowest BCUT2D eigenvalue weighted by molar-refractivity contribution is 0.413. The molecule has 62 valence electrons. The van der Waals surface area contributed by atoms with Gasteiger partial charge in [-0.25, -0.2) is 0 Å². The van der Waals surface area contributed by atoms with Crippen LogP contribution in [-0.2, 0) is 4.74 Å². The second-order valence-electron chi connectivity index (χ2n) is 2.84. The molecular formula is C9H10N2O. The van der Waals surface area contributed by atoms with E-state index in [1.54, 1.807) is 12.2 Å². The fourth-order valence-corrected chi connectivity index (χ4v) is 0.948. The molecule has 1 fully saturated rings. The summed E-state index contributed by atoms with van der Waals surface area (Å²) in [5, 5.41) is 7.25. The fourth-order valence-electron chi connectivity index (χ4n) is 0.948. The Morgan fingerprint density at radius 1 is 1.42 bits per heavy atom. The fraction of sp³-hybridized carbons (Fsp3) is 0.333. The predicted molar refractivity (Wildman–Crippen MR) is 48.0 cm³/mol. The van der Waals surface area contributed by atoms with Gasteiger partial charge in [0.15, 0.2) is 0 Å². The molecule has 0 aromatic rings. The van der Waals surface area contributed by atoms with Crippen LogP contribution < -0.4 is 0 Å². The highest BCUT2D eigenvalue weighted by Crippen LogP contribution is 2.09. The lowest BCUT2D eigenvalue weighted by Gasteiger charge is -1.98. The van der Waals surface area contributed by atoms with Crippen molar-refractivity contribution in [2.75, 3.05) is 13.2 Å². The number of epoxide rings is 1. The van der Waals surface area contributed by atoms with E-state index in [4.69, 9.17) is 10.1 Å². The largest absolute Gasteiger partial charge is 0.371 e. The lowest BCUT2D eigenvalue weighted by atomic mass is 10.1. The van der Waals surface area contributed by atoms with Crippen LogP contribution in [0.2, 0.25) is 0 Å². The third-order valence-corrected chi connectivity index (χ3v) is 1.75. The van der Waals surface area contributed by atoms with E-state index in [0.717, 1.165) is 18.9 Å². The van der Waals surface area contributed by atoms with Crippen molar-refractivity contribution >= 4 is 11.4 Å². The zero-order valence-electron chi connectivity index (χ0n) is 6.66. The molecule has 1 atom stereocenters. The zero-order chi connectivity index (χ0) is 8.39. The molecule has 2 rings (SSSR count). The Kier molecular flexibility index (Phi) is 1.87. The summed E-state index contributed by atoms with van der Waals surface area (Å²) in [6, 6.07) is 0. The highest BCUT2D eigenvalue weighted by atomic mass is 16.6. The first-order valence-corrected chi connectivity index (χ1v) is 3.95. The van der Waals surface area contributed by atoms with E-state index in [-0.39, 0.29) is 0 Å². The Labute approximate surface area is 71.0 Å². The van der Waals surface area contributed by atoms with Gasteiger partial charge in [-0.15, -0.1) is 0 Å². The molecule has 3 nitrogen and oxygen atoms in total. The van der Waals surface area contributed by atoms with Gasteiger partial charge in [0.05, 0.1) is 24.6 Å². The maximum atomic E-state index is 7.25. The molecule has 12 heavy (non-hydrogen) atoms. The molecule has 1 N–H and O–H groups in total. The van der Waals surface area contributed by atoms with Gasteiger partial charge in [-0.2, -0.15) is 0 Å². The van der Waals surface area contributed by atoms with Crippen LogP contribution in [0.1, 0.15) is 0 Å². The summed E-state index contributed by atoms with van der Waals surface area (Å²) in [6.45, 7) is 1.59. The van der Waals surface area contributed by atoms with Gasteiger partial charge >= 0.3 is 0 Å². The topological polar surface area (TPSA) is 48.7 Å². The number of hydrogen-bond acceptors (Lipinski definition) is 3. The summed E-state index contributed by atoms with van der Waals surface area (Å²) in [4.78, 5) is 4.30. The number of ether oxygens (including phenoxy) is 1. The summed E-state index contributed by atoms with van der Waals surface area (Å²) in [6.07, 6.45) is 7.54. The molecule has 1 heterocycles. The molecular weight excluding hydrogens is 152 g/mol. The van der Waals surface area contributed by atoms with Crippen molar-refractivity contribution in [2.24, 2.45) is 4.99 Å². The summed E-state index contributed by atoms with van der Waals surface area (Å²) in [7, 11) is 0. The molecule has 0 aromatic heterocycles. The predicted octanol–water partition coefficient (Wildman–Crippen LogP) is 0.972. The molecule has 1 aliphatic carbocycles. The molecule has 0 amide bonds. The van der Waals surface area contributed by atoms with Crippen molar-refractivity contribution in [1.82, 2.24) is 0 Å². The Balaban J connectivity index is 1.95. The highest BCUT2D eigenvalue weighted by Gasteiger charge is 2.21. The number of allylic oxidation sites excluding steroid dienone is 4. The Hall–Kier alpha value is -1.22. The van der Waals surface area contributed by atoms with Crippen molar-refractivity contribution in [2.45, 2.75) is 6.10 Å². The second kappa shape index (κ2) is 3.03. The maximum Gasteiger partial charge on any atom is 0.100 e. The normalized spacial score (nSPS) is 26.2. The van der Waals surface area contributed by atoms with Gasteiger partial charge in [0.2, 0.25) is 0 Å². The van der Waals surface area contributed by atoms with Crippen LogP contribution in [0.25, 0.3) is 0 Å². The average Bonchev–Trinajstić information content (AvgIpc) is 2.87. The molecule has 0 bridgehead atoms. The Morgan fingerprint density at radius 2 is 2.08 bits per heavy atom. The maximum absolute atomic E-state index is 7.25. The third-order valence-electron chi connectivity index (χ3n) is 1.75. The highest BCUT2D eigenvalue weighted by molar-refractivity contribution is 6.17. The summed E-state index contributed by atoms with van der Waals surface area (Å²) in [5.74, 6) is 0. The summed E-state index contributed by atoms with van der Waals surface area (Å²) >= 11 is 0. The molecule has 2 aliphatic rings. The smallest absolute Gasteiger partial charge is 0.100 e. The monoisotopic (exact) mass is 162 g/mol. The zero-order valence-corrected chi connectivity index (χ0v) is 6.66. The first kappa shape index (κ1) is 7.43. The minimum absolute atomic E-state index is 0.348. The molecule has 1 saturated heterocycles. The van der Waals surface area contributed by atoms with Crippen LogP contribution in [0.5, 0.6) is 0 Å². The second-order valence-corrected chi connectivity index (χ2v) is 2.84. The molecule has 0 spiro atoms. The van der Waals surface area contributed by atoms with Crippen LogP contribution in [0.15, 0.2) is 29.3 Å². The Morgan fingerprint density at radius 3 is 2.67 bits per heavy atom. The van der Waals surface area contributed by atoms with Crippen molar-refractivity contribution in [3.8, 4) is 0 Å². The molecule has 1 aliphatic heterocycles. The number of hydrogen-bond donors (Lipinski definition) is 1. The van der Waals surface area contributed by atoms with Gasteiger partial charge in [0, 0.05) is 0 Å². The standard InChI is InChI=1S/C9H10N2O/c10-7-1-3-8(4-2-7)11-5-9-6-12-9/h1-4,9-10H,5-6H2. The molecule has 1 unspecified atom stereocenters. The van der Waals surface area contributed by atoms with Crippen LogP contribution in [-0.4, -0.2) is 30.7 Å². The van der Waals surface area contributed by atoms with Gasteiger partial charge in [-0.1, -0.05) is 0 Å². The van der Waals surface area contributed by atoms with E-state index in [9.17, 15) is 0 Å². The van der Waals surface area contributed by atoms with Crippen LogP contribution >= 0.6 is 0 Å². The van der Waals surface area contributed by atoms with E-state index in [0.29, 0.717) is 11.8 Å². The molecule has 0 radical (unpaired) electrons. The molecule has 3 heteroatoms. The van der Waals surface area contributed by atoms with Crippen molar-refractivity contribution in [1.29, 1.82) is 5.41 Å². The van der Waals surface area contributed by atoms with E-state index in [2.05, 4.69) is 4.99 Å². The summed E-state index contributed by atoms with van der Waals surface area (Å²) < 4.78 is 5.02. The van der Waals surface area contributed by atoms with Crippen LogP contribution in [0.4, 0.5) is 0 Å². The van der Waals surface area contributed by atoms with Gasteiger partial charge < -0.3 is 10.1 Å². The van der Waals surface area contributed by atoms with Crippen LogP contribution in [0.3, 0.4) is 0 Å². The number of aliphatic imine (C=N–C) groups is 1. The minimum atomic E-state index is 0.348. The first-order valence-electron chi connectivity index (χ1n) is 3.95. The molecule has 0 saturated carbocycles. The van der Waals surface area contributed by atoms with Gasteiger partial charge in [-0.05, 0) is 24.3 Å². The van der Waals surface area contributed by atoms with Crippen LogP contribution in [0, 0.1) is 5.41 Å². The average molecular weight is 162 g/mol. The third kappa shape index (κ3) is 1.89. The van der Waals surface area contributed by atoms with Gasteiger partial charge in [-0.3, -0.25) is 4.99 Å². The van der Waals surface area contributed by atoms with Crippen molar-refractivity contribution in [3.05, 3.63) is 24.3 Å². The first-order chi connectivity index (χ1) is 5.84. The van der Waals surface area contributed by atoms with E-state index in [1.165, 1.54) is 0 Å². The van der Waals surface area contributed by atoms with Crippen molar-refractivity contribution in [3.63, 3.8) is 0 Å². The molecule has 0 aromatic carbocycles. The van der Waals surface area contributed by atoms with E-state index < -0.39 is 0 Å². The number of nitrogens with one attached hydrogen (secondary N) is 1.